The highest BCUT2D eigenvalue weighted by Gasteiger charge is 2.55. The normalized spacial score (nSPS) is 20.0. The molecule has 1 saturated heterocycles. The number of benzene rings is 2. The highest BCUT2D eigenvalue weighted by Crippen LogP contribution is 2.48. The lowest BCUT2D eigenvalue weighted by atomic mass is 10.0. The van der Waals surface area contributed by atoms with Crippen LogP contribution in [0.3, 0.4) is 0 Å². The van der Waals surface area contributed by atoms with Crippen molar-refractivity contribution >= 4 is 69.0 Å². The molecule has 350 valence electrons. The molecule has 3 heterocycles. The first-order valence-corrected chi connectivity index (χ1v) is 23.0. The van der Waals surface area contributed by atoms with Crippen LogP contribution in [0.15, 0.2) is 48.9 Å². The molecule has 1 aliphatic heterocycles. The number of hydrogen-bond donors (Lipinski definition) is 2. The number of halogens is 2. The van der Waals surface area contributed by atoms with Gasteiger partial charge in [-0.1, -0.05) is 41.4 Å². The highest BCUT2D eigenvalue weighted by atomic mass is 35.5. The van der Waals surface area contributed by atoms with Crippen LogP contribution in [0.2, 0.25) is 10.0 Å². The third-order valence-electron chi connectivity index (χ3n) is 11.3. The average molecular weight is 927 g/mol. The molecule has 0 bridgehead atoms. The molecule has 64 heavy (non-hydrogen) atoms. The Bertz CT molecular complexity index is 2270. The number of ether oxygens (including phenoxy) is 5. The lowest BCUT2D eigenvalue weighted by molar-refractivity contribution is -0.161. The van der Waals surface area contributed by atoms with Gasteiger partial charge < -0.3 is 48.7 Å². The topological polar surface area (TPSA) is 159 Å². The minimum Gasteiger partial charge on any atom is -0.464 e. The Morgan fingerprint density at radius 2 is 1.62 bits per heavy atom. The second kappa shape index (κ2) is 20.4. The molecule has 17 heteroatoms. The van der Waals surface area contributed by atoms with E-state index in [2.05, 4.69) is 36.1 Å². The van der Waals surface area contributed by atoms with Crippen molar-refractivity contribution in [2.75, 3.05) is 51.7 Å². The van der Waals surface area contributed by atoms with Crippen molar-refractivity contribution in [3.05, 3.63) is 64.5 Å². The number of nitrogens with zero attached hydrogens (tertiary/aromatic N) is 5. The van der Waals surface area contributed by atoms with Crippen molar-refractivity contribution in [3.8, 4) is 0 Å². The van der Waals surface area contributed by atoms with Crippen molar-refractivity contribution in [1.82, 2.24) is 29.7 Å². The first-order chi connectivity index (χ1) is 30.1. The number of hydrogen-bond acceptors (Lipinski definition) is 12. The van der Waals surface area contributed by atoms with E-state index in [1.165, 1.54) is 0 Å². The third-order valence-corrected chi connectivity index (χ3v) is 12.0. The van der Waals surface area contributed by atoms with E-state index in [0.717, 1.165) is 39.6 Å². The molecule has 0 unspecified atom stereocenters. The standard InChI is InChI=1S/C47H65Cl2N7O8/c1-11-60-42(57)36(53-43(58)63-45(2,3)4)17-20-54(27-32-26-37(39-38(32)61-47(8,9)62-39)56-22-16-33-40(50-10)51-28-52-41(33)56)18-12-19-55(44(59)64-46(5,6)7)21-15-29-13-14-30-24-34(48)35(49)25-31(30)23-29/h13-14,16,22-25,28,32,36-39H,11-12,15,17-21,26-27H2,1-10H3,(H,53,58)(H,50,51,52)/t32-,36+,37-,38-,39+/m1/s1. The Balaban J connectivity index is 1.24. The summed E-state index contributed by atoms with van der Waals surface area (Å²) < 4.78 is 32.3. The van der Waals surface area contributed by atoms with Crippen LogP contribution in [0.1, 0.15) is 93.2 Å². The number of amides is 2. The second-order valence-corrected chi connectivity index (χ2v) is 19.9. The van der Waals surface area contributed by atoms with Crippen LogP contribution in [0.4, 0.5) is 15.4 Å². The van der Waals surface area contributed by atoms with E-state index in [4.69, 9.17) is 46.9 Å². The Kier molecular flexibility index (Phi) is 15.6. The highest BCUT2D eigenvalue weighted by molar-refractivity contribution is 6.42. The zero-order valence-corrected chi connectivity index (χ0v) is 40.3. The Labute approximate surface area is 386 Å². The molecular formula is C47H65Cl2N7O8. The number of carbonyl (C=O) groups excluding carboxylic acids is 3. The van der Waals surface area contributed by atoms with Crippen LogP contribution in [-0.4, -0.2) is 124 Å². The van der Waals surface area contributed by atoms with Crippen LogP contribution in [0, 0.1) is 5.92 Å². The number of carbonyl (C=O) groups is 3. The Morgan fingerprint density at radius 1 is 0.922 bits per heavy atom. The van der Waals surface area contributed by atoms with Gasteiger partial charge in [-0.15, -0.1) is 0 Å². The van der Waals surface area contributed by atoms with E-state index in [1.807, 2.05) is 78.2 Å². The number of aromatic nitrogens is 3. The van der Waals surface area contributed by atoms with Gasteiger partial charge in [0.25, 0.3) is 0 Å². The number of nitrogens with one attached hydrogen (secondary N) is 2. The van der Waals surface area contributed by atoms with Crippen LogP contribution in [-0.2, 0) is 34.9 Å². The van der Waals surface area contributed by atoms with Gasteiger partial charge in [0.1, 0.15) is 41.1 Å². The van der Waals surface area contributed by atoms with Gasteiger partial charge in [-0.05, 0) is 129 Å². The summed E-state index contributed by atoms with van der Waals surface area (Å²) in [4.78, 5) is 53.1. The van der Waals surface area contributed by atoms with E-state index in [9.17, 15) is 14.4 Å². The van der Waals surface area contributed by atoms with Gasteiger partial charge in [0, 0.05) is 45.3 Å². The summed E-state index contributed by atoms with van der Waals surface area (Å²) in [6.07, 6.45) is 4.17. The summed E-state index contributed by atoms with van der Waals surface area (Å²) in [5.41, 5.74) is 0.393. The molecule has 2 amide bonds. The van der Waals surface area contributed by atoms with Crippen LogP contribution < -0.4 is 10.6 Å². The summed E-state index contributed by atoms with van der Waals surface area (Å²) in [6, 6.07) is 10.8. The van der Waals surface area contributed by atoms with Gasteiger partial charge >= 0.3 is 18.2 Å². The lowest BCUT2D eigenvalue weighted by Crippen LogP contribution is -2.47. The minimum atomic E-state index is -0.954. The van der Waals surface area contributed by atoms with Crippen molar-refractivity contribution in [2.45, 2.75) is 129 Å². The molecule has 4 aromatic rings. The zero-order chi connectivity index (χ0) is 46.6. The molecule has 2 aliphatic rings. The molecule has 2 aromatic carbocycles. The van der Waals surface area contributed by atoms with Crippen molar-refractivity contribution in [1.29, 1.82) is 0 Å². The first-order valence-electron chi connectivity index (χ1n) is 22.2. The first kappa shape index (κ1) is 49.0. The summed E-state index contributed by atoms with van der Waals surface area (Å²) in [7, 11) is 1.84. The van der Waals surface area contributed by atoms with Gasteiger partial charge in [-0.2, -0.15) is 0 Å². The second-order valence-electron chi connectivity index (χ2n) is 19.1. The van der Waals surface area contributed by atoms with E-state index < -0.39 is 41.2 Å². The molecule has 2 aromatic heterocycles. The number of fused-ring (bicyclic) bond motifs is 3. The van der Waals surface area contributed by atoms with Crippen LogP contribution >= 0.6 is 23.2 Å². The molecule has 0 radical (unpaired) electrons. The summed E-state index contributed by atoms with van der Waals surface area (Å²) >= 11 is 12.6. The number of anilines is 1. The largest absolute Gasteiger partial charge is 0.464 e. The number of rotatable bonds is 17. The molecule has 2 N–H and O–H groups in total. The van der Waals surface area contributed by atoms with Gasteiger partial charge in [0.2, 0.25) is 0 Å². The van der Waals surface area contributed by atoms with Crippen molar-refractivity contribution in [2.24, 2.45) is 5.92 Å². The molecule has 6 rings (SSSR count). The Morgan fingerprint density at radius 3 is 2.31 bits per heavy atom. The van der Waals surface area contributed by atoms with Crippen molar-refractivity contribution in [3.63, 3.8) is 0 Å². The lowest BCUT2D eigenvalue weighted by Gasteiger charge is -2.31. The maximum Gasteiger partial charge on any atom is 0.410 e. The summed E-state index contributed by atoms with van der Waals surface area (Å²) in [5.74, 6) is -0.594. The monoisotopic (exact) mass is 925 g/mol. The van der Waals surface area contributed by atoms with E-state index in [1.54, 1.807) is 38.9 Å². The number of alkyl carbamates (subject to hydrolysis) is 1. The zero-order valence-electron chi connectivity index (χ0n) is 38.8. The quantitative estimate of drug-likeness (QED) is 0.0766. The number of esters is 1. The van der Waals surface area contributed by atoms with E-state index >= 15 is 0 Å². The maximum atomic E-state index is 13.8. The predicted molar refractivity (Wildman–Crippen MR) is 249 cm³/mol. The summed E-state index contributed by atoms with van der Waals surface area (Å²) in [6.45, 7) is 19.0. The fraction of sp³-hybridized carbons (Fsp3) is 0.596. The predicted octanol–water partition coefficient (Wildman–Crippen LogP) is 9.03. The average Bonchev–Trinajstić information content (AvgIpc) is 3.87. The van der Waals surface area contributed by atoms with Gasteiger partial charge in [0.15, 0.2) is 5.79 Å². The van der Waals surface area contributed by atoms with Crippen molar-refractivity contribution < 1.29 is 38.1 Å². The van der Waals surface area contributed by atoms with Gasteiger partial charge in [-0.3, -0.25) is 0 Å². The minimum absolute atomic E-state index is 0.0120. The van der Waals surface area contributed by atoms with Gasteiger partial charge in [-0.25, -0.2) is 24.4 Å². The van der Waals surface area contributed by atoms with Crippen LogP contribution in [0.25, 0.3) is 21.8 Å². The SMILES string of the molecule is CCOC(=O)[C@H](CCN(CCCN(CCc1ccc2cc(Cl)c(Cl)cc2c1)C(=O)OC(C)(C)C)C[C@H]1C[C@@H](n2ccc3c(NC)ncnc32)[C@@H]2OC(C)(C)O[C@H]12)NC(=O)OC(C)(C)C. The van der Waals surface area contributed by atoms with E-state index in [0.29, 0.717) is 55.6 Å². The van der Waals surface area contributed by atoms with E-state index in [-0.39, 0.29) is 37.2 Å². The maximum absolute atomic E-state index is 13.8. The molecule has 5 atom stereocenters. The Hall–Kier alpha value is -4.41. The smallest absolute Gasteiger partial charge is 0.410 e. The third kappa shape index (κ3) is 12.7. The molecule has 15 nitrogen and oxygen atoms in total. The molecule has 0 spiro atoms. The molecule has 1 aliphatic carbocycles. The molecule has 1 saturated carbocycles. The molecule has 2 fully saturated rings. The fourth-order valence-corrected chi connectivity index (χ4v) is 8.99. The fourth-order valence-electron chi connectivity index (χ4n) is 8.64. The molecular weight excluding hydrogens is 861 g/mol. The van der Waals surface area contributed by atoms with Crippen LogP contribution in [0.5, 0.6) is 0 Å². The van der Waals surface area contributed by atoms with Gasteiger partial charge in [0.05, 0.1) is 34.2 Å². The summed E-state index contributed by atoms with van der Waals surface area (Å²) in [5, 5.41) is 9.76.